The van der Waals surface area contributed by atoms with Gasteiger partial charge in [-0.25, -0.2) is 4.79 Å². The molecule has 0 aromatic rings. The molecule has 0 bridgehead atoms. The monoisotopic (exact) mass is 279 g/mol. The van der Waals surface area contributed by atoms with Crippen molar-refractivity contribution in [1.29, 1.82) is 0 Å². The van der Waals surface area contributed by atoms with Gasteiger partial charge in [0.15, 0.2) is 0 Å². The van der Waals surface area contributed by atoms with Crippen LogP contribution < -0.4 is 5.73 Å². The molecule has 0 spiro atoms. The van der Waals surface area contributed by atoms with Gasteiger partial charge in [0.1, 0.15) is 6.04 Å². The Morgan fingerprint density at radius 2 is 1.83 bits per heavy atom. The molecule has 18 heavy (non-hydrogen) atoms. The lowest BCUT2D eigenvalue weighted by atomic mass is 9.98. The van der Waals surface area contributed by atoms with Gasteiger partial charge in [0.05, 0.1) is 5.41 Å². The Hall–Kier alpha value is -1.28. The second-order valence-electron chi connectivity index (χ2n) is 4.45. The first-order chi connectivity index (χ1) is 8.14. The first-order valence-electron chi connectivity index (χ1n) is 5.09. The summed E-state index contributed by atoms with van der Waals surface area (Å²) in [5, 5.41) is 7.73. The van der Waals surface area contributed by atoms with Crippen molar-refractivity contribution in [3.8, 4) is 0 Å². The fourth-order valence-electron chi connectivity index (χ4n) is 0.618. The summed E-state index contributed by atoms with van der Waals surface area (Å²) < 4.78 is 9.26. The van der Waals surface area contributed by atoms with E-state index in [0.717, 1.165) is 0 Å². The highest BCUT2D eigenvalue weighted by molar-refractivity contribution is 8.13. The second kappa shape index (κ2) is 7.22. The summed E-state index contributed by atoms with van der Waals surface area (Å²) in [6.07, 6.45) is 0. The van der Waals surface area contributed by atoms with E-state index in [-0.39, 0.29) is 5.75 Å². The van der Waals surface area contributed by atoms with Gasteiger partial charge in [0, 0.05) is 5.75 Å². The molecule has 0 fully saturated rings. The lowest BCUT2D eigenvalue weighted by Gasteiger charge is -2.16. The SMILES string of the molecule is CC(C)(C)C(=O)OCOC(=O)SCC(N)C(=O)O. The summed E-state index contributed by atoms with van der Waals surface area (Å²) >= 11 is 0.614. The van der Waals surface area contributed by atoms with E-state index in [2.05, 4.69) is 9.47 Å². The zero-order valence-electron chi connectivity index (χ0n) is 10.5. The summed E-state index contributed by atoms with van der Waals surface area (Å²) in [5.41, 5.74) is 4.51. The molecule has 0 saturated heterocycles. The van der Waals surface area contributed by atoms with Crippen molar-refractivity contribution in [1.82, 2.24) is 0 Å². The summed E-state index contributed by atoms with van der Waals surface area (Å²) in [7, 11) is 0. The van der Waals surface area contributed by atoms with Crippen LogP contribution in [0.15, 0.2) is 0 Å². The quantitative estimate of drug-likeness (QED) is 0.561. The van der Waals surface area contributed by atoms with E-state index in [1.165, 1.54) is 0 Å². The largest absolute Gasteiger partial charge is 0.480 e. The number of carboxylic acid groups (broad SMARTS) is 1. The second-order valence-corrected chi connectivity index (χ2v) is 5.41. The minimum Gasteiger partial charge on any atom is -0.480 e. The van der Waals surface area contributed by atoms with Crippen LogP contribution in [0.4, 0.5) is 4.79 Å². The number of hydrogen-bond donors (Lipinski definition) is 2. The van der Waals surface area contributed by atoms with Gasteiger partial charge in [-0.05, 0) is 32.5 Å². The van der Waals surface area contributed by atoms with Crippen molar-refractivity contribution < 1.29 is 29.0 Å². The molecule has 0 radical (unpaired) electrons. The third-order valence-electron chi connectivity index (χ3n) is 1.68. The molecule has 3 N–H and O–H groups in total. The molecule has 1 atom stereocenters. The van der Waals surface area contributed by atoms with E-state index in [4.69, 9.17) is 10.8 Å². The molecular weight excluding hydrogens is 262 g/mol. The Labute approximate surface area is 109 Å². The number of hydrogen-bond acceptors (Lipinski definition) is 7. The fourth-order valence-corrected chi connectivity index (χ4v) is 1.21. The molecule has 0 aliphatic heterocycles. The molecule has 0 aliphatic rings. The average Bonchev–Trinajstić information content (AvgIpc) is 2.24. The third-order valence-corrected chi connectivity index (χ3v) is 2.56. The first kappa shape index (κ1) is 16.7. The van der Waals surface area contributed by atoms with E-state index in [1.807, 2.05) is 0 Å². The van der Waals surface area contributed by atoms with Crippen molar-refractivity contribution in [2.45, 2.75) is 26.8 Å². The average molecular weight is 279 g/mol. The zero-order chi connectivity index (χ0) is 14.3. The maximum atomic E-state index is 11.3. The number of carbonyl (C=O) groups is 3. The van der Waals surface area contributed by atoms with E-state index in [0.29, 0.717) is 11.8 Å². The predicted molar refractivity (Wildman–Crippen MR) is 65.0 cm³/mol. The maximum Gasteiger partial charge on any atom is 0.370 e. The van der Waals surface area contributed by atoms with Crippen LogP contribution in [0.2, 0.25) is 0 Å². The van der Waals surface area contributed by atoms with Gasteiger partial charge in [0.25, 0.3) is 0 Å². The summed E-state index contributed by atoms with van der Waals surface area (Å²) in [6.45, 7) is 4.50. The van der Waals surface area contributed by atoms with Crippen LogP contribution in [0.3, 0.4) is 0 Å². The first-order valence-corrected chi connectivity index (χ1v) is 6.08. The summed E-state index contributed by atoms with van der Waals surface area (Å²) in [6, 6.07) is -1.14. The van der Waals surface area contributed by atoms with E-state index in [9.17, 15) is 14.4 Å². The van der Waals surface area contributed by atoms with Gasteiger partial charge in [-0.3, -0.25) is 9.59 Å². The molecule has 0 aliphatic carbocycles. The molecule has 8 heteroatoms. The van der Waals surface area contributed by atoms with Crippen LogP contribution in [0.1, 0.15) is 20.8 Å². The third kappa shape index (κ3) is 7.13. The smallest absolute Gasteiger partial charge is 0.370 e. The number of thioether (sulfide) groups is 1. The Balaban J connectivity index is 3.79. The number of carbonyl (C=O) groups excluding carboxylic acids is 2. The molecule has 0 heterocycles. The topological polar surface area (TPSA) is 116 Å². The standard InChI is InChI=1S/C10H17NO6S/c1-10(2,3)8(14)16-5-17-9(15)18-4-6(11)7(12)13/h6H,4-5,11H2,1-3H3,(H,12,13). The lowest BCUT2D eigenvalue weighted by molar-refractivity contribution is -0.160. The number of esters is 1. The molecule has 0 amide bonds. The van der Waals surface area contributed by atoms with E-state index >= 15 is 0 Å². The van der Waals surface area contributed by atoms with Crippen molar-refractivity contribution in [3.05, 3.63) is 0 Å². The fraction of sp³-hybridized carbons (Fsp3) is 0.700. The molecular formula is C10H17NO6S. The van der Waals surface area contributed by atoms with Crippen molar-refractivity contribution in [2.75, 3.05) is 12.5 Å². The normalized spacial score (nSPS) is 12.7. The number of aliphatic carboxylic acids is 1. The highest BCUT2D eigenvalue weighted by Gasteiger charge is 2.23. The van der Waals surface area contributed by atoms with Crippen LogP contribution in [-0.4, -0.2) is 40.9 Å². The molecule has 0 rings (SSSR count). The van der Waals surface area contributed by atoms with Gasteiger partial charge in [-0.15, -0.1) is 0 Å². The van der Waals surface area contributed by atoms with Crippen LogP contribution in [0.5, 0.6) is 0 Å². The molecule has 0 saturated carbocycles. The van der Waals surface area contributed by atoms with Gasteiger partial charge < -0.3 is 20.3 Å². The predicted octanol–water partition coefficient (Wildman–Crippen LogP) is 0.815. The van der Waals surface area contributed by atoms with Crippen LogP contribution >= 0.6 is 11.8 Å². The minimum absolute atomic E-state index is 0.110. The van der Waals surface area contributed by atoms with E-state index < -0.39 is 35.5 Å². The summed E-state index contributed by atoms with van der Waals surface area (Å²) in [5.74, 6) is -1.81. The van der Waals surface area contributed by atoms with Crippen molar-refractivity contribution in [3.63, 3.8) is 0 Å². The Bertz CT molecular complexity index is 325. The Morgan fingerprint density at radius 3 is 2.28 bits per heavy atom. The highest BCUT2D eigenvalue weighted by Crippen LogP contribution is 2.15. The van der Waals surface area contributed by atoms with Gasteiger partial charge >= 0.3 is 17.2 Å². The minimum atomic E-state index is -1.20. The van der Waals surface area contributed by atoms with Crippen LogP contribution in [0, 0.1) is 5.41 Å². The van der Waals surface area contributed by atoms with Gasteiger partial charge in [-0.1, -0.05) is 0 Å². The van der Waals surface area contributed by atoms with Gasteiger partial charge in [0.2, 0.25) is 6.79 Å². The van der Waals surface area contributed by atoms with Crippen molar-refractivity contribution >= 4 is 29.0 Å². The van der Waals surface area contributed by atoms with E-state index in [1.54, 1.807) is 20.8 Å². The Morgan fingerprint density at radius 1 is 1.28 bits per heavy atom. The highest BCUT2D eigenvalue weighted by atomic mass is 32.2. The maximum absolute atomic E-state index is 11.3. The molecule has 104 valence electrons. The molecule has 0 aromatic carbocycles. The van der Waals surface area contributed by atoms with Crippen molar-refractivity contribution in [2.24, 2.45) is 11.1 Å². The molecule has 7 nitrogen and oxygen atoms in total. The lowest BCUT2D eigenvalue weighted by Crippen LogP contribution is -2.33. The molecule has 1 unspecified atom stereocenters. The zero-order valence-corrected chi connectivity index (χ0v) is 11.3. The number of ether oxygens (including phenoxy) is 2. The van der Waals surface area contributed by atoms with Crippen LogP contribution in [0.25, 0.3) is 0 Å². The number of nitrogens with two attached hydrogens (primary N) is 1. The molecule has 0 aromatic heterocycles. The number of rotatable bonds is 5. The van der Waals surface area contributed by atoms with Crippen LogP contribution in [-0.2, 0) is 19.1 Å². The Kier molecular flexibility index (Phi) is 6.71. The van der Waals surface area contributed by atoms with Gasteiger partial charge in [-0.2, -0.15) is 0 Å². The summed E-state index contributed by atoms with van der Waals surface area (Å²) in [4.78, 5) is 32.8. The number of carboxylic acids is 1.